The minimum absolute atomic E-state index is 0.0943. The molecular weight excluding hydrogens is 355 g/mol. The molecule has 8 heteroatoms. The van der Waals surface area contributed by atoms with Gasteiger partial charge < -0.3 is 4.74 Å². The van der Waals surface area contributed by atoms with Gasteiger partial charge in [0.2, 0.25) is 0 Å². The molecule has 1 rings (SSSR count). The van der Waals surface area contributed by atoms with E-state index in [2.05, 4.69) is 9.71 Å². The number of anilines is 1. The Morgan fingerprint density at radius 3 is 2.38 bits per heavy atom. The van der Waals surface area contributed by atoms with Crippen LogP contribution >= 0.6 is 11.6 Å². The van der Waals surface area contributed by atoms with E-state index >= 15 is 0 Å². The highest BCUT2D eigenvalue weighted by molar-refractivity contribution is 7.85. The van der Waals surface area contributed by atoms with Crippen molar-refractivity contribution in [1.82, 2.24) is 0 Å². The number of halogens is 2. The van der Waals surface area contributed by atoms with Crippen molar-refractivity contribution in [2.45, 2.75) is 51.9 Å². The van der Waals surface area contributed by atoms with E-state index in [4.69, 9.17) is 16.3 Å². The van der Waals surface area contributed by atoms with Crippen LogP contribution < -0.4 is 5.32 Å². The number of ether oxygens (including phenoxy) is 1. The number of amides is 1. The summed E-state index contributed by atoms with van der Waals surface area (Å²) in [6, 6.07) is 2.36. The fourth-order valence-electron chi connectivity index (χ4n) is 1.44. The summed E-state index contributed by atoms with van der Waals surface area (Å²) in [7, 11) is -1.48. The maximum Gasteiger partial charge on any atom is 0.412 e. The van der Waals surface area contributed by atoms with Gasteiger partial charge >= 0.3 is 6.09 Å². The summed E-state index contributed by atoms with van der Waals surface area (Å²) in [6.07, 6.45) is 0.508. The molecule has 1 aromatic rings. The van der Waals surface area contributed by atoms with Crippen molar-refractivity contribution in [1.29, 1.82) is 0 Å². The van der Waals surface area contributed by atoms with Gasteiger partial charge in [0.1, 0.15) is 22.4 Å². The van der Waals surface area contributed by atoms with Gasteiger partial charge in [-0.25, -0.2) is 13.4 Å². The third-order valence-electron chi connectivity index (χ3n) is 2.53. The van der Waals surface area contributed by atoms with Crippen molar-refractivity contribution < 1.29 is 18.1 Å². The molecule has 5 nitrogen and oxygen atoms in total. The van der Waals surface area contributed by atoms with Crippen LogP contribution in [0.25, 0.3) is 0 Å². The van der Waals surface area contributed by atoms with Crippen molar-refractivity contribution in [2.24, 2.45) is 4.40 Å². The predicted octanol–water partition coefficient (Wildman–Crippen LogP) is 4.71. The van der Waals surface area contributed by atoms with Crippen molar-refractivity contribution in [3.05, 3.63) is 28.5 Å². The van der Waals surface area contributed by atoms with Crippen molar-refractivity contribution in [2.75, 3.05) is 5.32 Å². The van der Waals surface area contributed by atoms with E-state index in [-0.39, 0.29) is 10.7 Å². The highest BCUT2D eigenvalue weighted by Crippen LogP contribution is 2.24. The lowest BCUT2D eigenvalue weighted by atomic mass is 10.2. The van der Waals surface area contributed by atoms with Gasteiger partial charge in [-0.05, 0) is 53.7 Å². The summed E-state index contributed by atoms with van der Waals surface area (Å²) >= 11 is 5.97. The van der Waals surface area contributed by atoms with E-state index in [1.165, 1.54) is 12.3 Å². The van der Waals surface area contributed by atoms with Gasteiger partial charge in [-0.15, -0.1) is 0 Å². The maximum atomic E-state index is 14.0. The Balaban J connectivity index is 3.03. The van der Waals surface area contributed by atoms with Gasteiger partial charge in [0.25, 0.3) is 0 Å². The molecule has 0 fully saturated rings. The molecule has 1 atom stereocenters. The van der Waals surface area contributed by atoms with Crippen LogP contribution in [-0.2, 0) is 15.7 Å². The summed E-state index contributed by atoms with van der Waals surface area (Å²) in [5.74, 6) is -0.708. The van der Waals surface area contributed by atoms with Gasteiger partial charge in [0.05, 0.1) is 15.5 Å². The summed E-state index contributed by atoms with van der Waals surface area (Å²) in [5.41, 5.74) is -0.473. The van der Waals surface area contributed by atoms with Crippen LogP contribution in [0, 0.1) is 5.82 Å². The van der Waals surface area contributed by atoms with E-state index < -0.39 is 33.2 Å². The Hall–Kier alpha value is -1.47. The van der Waals surface area contributed by atoms with E-state index in [1.54, 1.807) is 41.5 Å². The lowest BCUT2D eigenvalue weighted by Gasteiger charge is -2.20. The van der Waals surface area contributed by atoms with Crippen LogP contribution in [0.1, 0.15) is 47.1 Å². The number of nitrogens with zero attached hydrogens (tertiary/aromatic N) is 1. The highest BCUT2D eigenvalue weighted by Gasteiger charge is 2.20. The molecule has 1 amide bonds. The molecule has 0 unspecified atom stereocenters. The summed E-state index contributed by atoms with van der Waals surface area (Å²) in [4.78, 5) is 11.8. The number of rotatable bonds is 3. The smallest absolute Gasteiger partial charge is 0.412 e. The number of hydrogen-bond acceptors (Lipinski definition) is 3. The van der Waals surface area contributed by atoms with E-state index in [9.17, 15) is 13.4 Å². The lowest BCUT2D eigenvalue weighted by Crippen LogP contribution is -2.27. The molecule has 0 aliphatic heterocycles. The van der Waals surface area contributed by atoms with Gasteiger partial charge in [0, 0.05) is 11.8 Å². The lowest BCUT2D eigenvalue weighted by molar-refractivity contribution is 0.0635. The molecular formula is C16H22ClFN2O3S. The Morgan fingerprint density at radius 1 is 1.29 bits per heavy atom. The normalized spacial score (nSPS) is 13.8. The van der Waals surface area contributed by atoms with E-state index in [0.717, 1.165) is 6.07 Å². The molecule has 1 aromatic carbocycles. The van der Waals surface area contributed by atoms with Crippen LogP contribution in [0.4, 0.5) is 14.9 Å². The first kappa shape index (κ1) is 20.6. The van der Waals surface area contributed by atoms with Crippen molar-refractivity contribution in [3.63, 3.8) is 0 Å². The Kier molecular flexibility index (Phi) is 6.52. The quantitative estimate of drug-likeness (QED) is 0.777. The van der Waals surface area contributed by atoms with Crippen LogP contribution in [0.15, 0.2) is 16.5 Å². The molecule has 134 valence electrons. The second-order valence-corrected chi connectivity index (χ2v) is 9.42. The predicted molar refractivity (Wildman–Crippen MR) is 96.8 cm³/mol. The average Bonchev–Trinajstić information content (AvgIpc) is 2.36. The molecule has 0 saturated heterocycles. The molecule has 0 heterocycles. The minimum Gasteiger partial charge on any atom is -0.444 e. The summed E-state index contributed by atoms with van der Waals surface area (Å²) < 4.78 is 34.4. The Morgan fingerprint density at radius 2 is 1.88 bits per heavy atom. The minimum atomic E-state index is -1.48. The standard InChI is InChI=1S/C16H22ClFN2O3S/c1-15(2,3)23-14(21)20-13-7-10(11(17)8-12(13)18)9-19-24(22)16(4,5)6/h7-9H,1-6H3,(H,20,21)/t24-/m0/s1. The highest BCUT2D eigenvalue weighted by atomic mass is 35.5. The average molecular weight is 377 g/mol. The van der Waals surface area contributed by atoms with Crippen molar-refractivity contribution in [3.8, 4) is 0 Å². The van der Waals surface area contributed by atoms with Crippen LogP contribution in [0.5, 0.6) is 0 Å². The third-order valence-corrected chi connectivity index (χ3v) is 4.21. The largest absolute Gasteiger partial charge is 0.444 e. The van der Waals surface area contributed by atoms with Gasteiger partial charge in [-0.3, -0.25) is 5.32 Å². The number of carbonyl (C=O) groups excluding carboxylic acids is 1. The van der Waals surface area contributed by atoms with Crippen molar-refractivity contribution >= 4 is 40.6 Å². The van der Waals surface area contributed by atoms with Gasteiger partial charge in [-0.2, -0.15) is 4.40 Å². The zero-order valence-corrected chi connectivity index (χ0v) is 16.1. The number of benzene rings is 1. The molecule has 0 bridgehead atoms. The monoisotopic (exact) mass is 376 g/mol. The molecule has 0 aromatic heterocycles. The summed E-state index contributed by atoms with van der Waals surface area (Å²) in [6.45, 7) is 10.4. The number of nitrogens with one attached hydrogen (secondary N) is 1. The molecule has 0 radical (unpaired) electrons. The van der Waals surface area contributed by atoms with Gasteiger partial charge in [0.15, 0.2) is 0 Å². The first-order valence-corrected chi connectivity index (χ1v) is 8.73. The van der Waals surface area contributed by atoms with E-state index in [0.29, 0.717) is 5.56 Å². The molecule has 1 N–H and O–H groups in total. The summed E-state index contributed by atoms with van der Waals surface area (Å²) in [5, 5.41) is 2.41. The first-order chi connectivity index (χ1) is 10.8. The third kappa shape index (κ3) is 6.57. The van der Waals surface area contributed by atoms with Crippen LogP contribution in [0.2, 0.25) is 5.02 Å². The second-order valence-electron chi connectivity index (χ2n) is 7.08. The van der Waals surface area contributed by atoms with Crippen LogP contribution in [0.3, 0.4) is 0 Å². The van der Waals surface area contributed by atoms with Gasteiger partial charge in [-0.1, -0.05) is 11.6 Å². The number of hydrogen-bond donors (Lipinski definition) is 1. The SMILES string of the molecule is CC(C)(C)OC(=O)Nc1cc(C=N[S@@](=O)C(C)(C)C)c(Cl)cc1F. The molecule has 24 heavy (non-hydrogen) atoms. The molecule has 0 aliphatic carbocycles. The number of carbonyl (C=O) groups is 1. The first-order valence-electron chi connectivity index (χ1n) is 7.25. The topological polar surface area (TPSA) is 67.8 Å². The zero-order chi connectivity index (χ0) is 18.7. The molecule has 0 saturated carbocycles. The van der Waals surface area contributed by atoms with E-state index in [1.807, 2.05) is 0 Å². The second kappa shape index (κ2) is 7.61. The Bertz CT molecular complexity index is 679. The Labute approximate surface area is 149 Å². The zero-order valence-electron chi connectivity index (χ0n) is 14.6. The molecule has 0 aliphatic rings. The maximum absolute atomic E-state index is 14.0. The fraction of sp³-hybridized carbons (Fsp3) is 0.500. The van der Waals surface area contributed by atoms with Crippen LogP contribution in [-0.4, -0.2) is 26.9 Å². The molecule has 0 spiro atoms. The fourth-order valence-corrected chi connectivity index (χ4v) is 2.16.